The van der Waals surface area contributed by atoms with Gasteiger partial charge < -0.3 is 5.32 Å². The lowest BCUT2D eigenvalue weighted by Crippen LogP contribution is -2.22. The Hall–Kier alpha value is -2.36. The number of carbonyl (C=O) groups excluding carboxylic acids is 2. The zero-order valence-corrected chi connectivity index (χ0v) is 19.3. The molecule has 2 aromatic carbocycles. The number of hydrogen-bond donors (Lipinski definition) is 2. The number of amides is 2. The maximum Gasteiger partial charge on any atom is 0.255 e. The lowest BCUT2D eigenvalue weighted by molar-refractivity contribution is -0.115. The summed E-state index contributed by atoms with van der Waals surface area (Å²) in [4.78, 5) is 30.0. The Kier molecular flexibility index (Phi) is 7.89. The molecule has 1 unspecified atom stereocenters. The smallest absolute Gasteiger partial charge is 0.255 e. The number of carbonyl (C=O) groups is 2. The molecule has 0 radical (unpaired) electrons. The third-order valence-electron chi connectivity index (χ3n) is 3.99. The van der Waals surface area contributed by atoms with Gasteiger partial charge in [-0.2, -0.15) is 9.36 Å². The van der Waals surface area contributed by atoms with E-state index in [-0.39, 0.29) is 17.1 Å². The van der Waals surface area contributed by atoms with Crippen LogP contribution in [0.4, 0.5) is 10.8 Å². The molecule has 156 valence electrons. The van der Waals surface area contributed by atoms with Gasteiger partial charge in [0.2, 0.25) is 16.2 Å². The van der Waals surface area contributed by atoms with Gasteiger partial charge in [-0.15, -0.1) is 11.8 Å². The highest BCUT2D eigenvalue weighted by molar-refractivity contribution is 8.00. The predicted octanol–water partition coefficient (Wildman–Crippen LogP) is 5.33. The van der Waals surface area contributed by atoms with Crippen LogP contribution in [-0.4, -0.2) is 32.2 Å². The van der Waals surface area contributed by atoms with E-state index in [1.807, 2.05) is 63.2 Å². The molecule has 0 saturated heterocycles. The van der Waals surface area contributed by atoms with Gasteiger partial charge in [0.05, 0.1) is 5.25 Å². The number of nitrogens with one attached hydrogen (secondary N) is 2. The molecule has 9 heteroatoms. The molecule has 0 fully saturated rings. The number of aromatic nitrogens is 2. The SMILES string of the molecule is CCSc1nsc(NC(=O)C(C)Sc2ccc(NC(=O)c3cccc(C)c3)cc2)n1. The summed E-state index contributed by atoms with van der Waals surface area (Å²) in [6.45, 7) is 5.83. The Bertz CT molecular complexity index is 1020. The van der Waals surface area contributed by atoms with Crippen LogP contribution in [-0.2, 0) is 4.79 Å². The van der Waals surface area contributed by atoms with Crippen molar-refractivity contribution in [2.45, 2.75) is 36.1 Å². The van der Waals surface area contributed by atoms with E-state index in [0.717, 1.165) is 16.2 Å². The molecule has 3 aromatic rings. The molecule has 2 N–H and O–H groups in total. The first kappa shape index (κ1) is 22.3. The highest BCUT2D eigenvalue weighted by Gasteiger charge is 2.17. The number of benzene rings is 2. The molecule has 3 rings (SSSR count). The number of nitrogens with zero attached hydrogens (tertiary/aromatic N) is 2. The van der Waals surface area contributed by atoms with Gasteiger partial charge in [-0.25, -0.2) is 0 Å². The van der Waals surface area contributed by atoms with E-state index >= 15 is 0 Å². The average molecular weight is 459 g/mol. The van der Waals surface area contributed by atoms with Gasteiger partial charge in [0, 0.05) is 27.7 Å². The highest BCUT2D eigenvalue weighted by Crippen LogP contribution is 2.26. The second kappa shape index (κ2) is 10.6. The minimum absolute atomic E-state index is 0.124. The minimum atomic E-state index is -0.302. The van der Waals surface area contributed by atoms with E-state index in [1.54, 1.807) is 17.8 Å². The van der Waals surface area contributed by atoms with Crippen molar-refractivity contribution in [2.75, 3.05) is 16.4 Å². The summed E-state index contributed by atoms with van der Waals surface area (Å²) < 4.78 is 4.20. The summed E-state index contributed by atoms with van der Waals surface area (Å²) >= 11 is 4.17. The molecule has 1 aromatic heterocycles. The van der Waals surface area contributed by atoms with Crippen molar-refractivity contribution in [3.8, 4) is 0 Å². The highest BCUT2D eigenvalue weighted by atomic mass is 32.2. The first-order valence-electron chi connectivity index (χ1n) is 9.36. The van der Waals surface area contributed by atoms with Crippen LogP contribution in [0.1, 0.15) is 29.8 Å². The van der Waals surface area contributed by atoms with Gasteiger partial charge in [0.25, 0.3) is 5.91 Å². The van der Waals surface area contributed by atoms with Crippen LogP contribution in [0, 0.1) is 6.92 Å². The van der Waals surface area contributed by atoms with Crippen molar-refractivity contribution in [3.63, 3.8) is 0 Å². The second-order valence-corrected chi connectivity index (χ2v) is 9.81. The van der Waals surface area contributed by atoms with Crippen LogP contribution in [0.2, 0.25) is 0 Å². The van der Waals surface area contributed by atoms with Crippen LogP contribution in [0.15, 0.2) is 58.6 Å². The molecule has 0 spiro atoms. The second-order valence-electron chi connectivity index (χ2n) is 6.41. The molecule has 1 heterocycles. The standard InChI is InChI=1S/C21H22N4O2S3/c1-4-28-21-24-20(30-25-21)23-18(26)14(3)29-17-10-8-16(9-11-17)22-19(27)15-7-5-6-13(2)12-15/h5-12,14H,4H2,1-3H3,(H,22,27)(H,23,24,25,26). The Balaban J connectivity index is 1.53. The van der Waals surface area contributed by atoms with E-state index in [4.69, 9.17) is 0 Å². The average Bonchev–Trinajstić information content (AvgIpc) is 3.16. The summed E-state index contributed by atoms with van der Waals surface area (Å²) in [6.07, 6.45) is 0. The van der Waals surface area contributed by atoms with Crippen molar-refractivity contribution < 1.29 is 9.59 Å². The van der Waals surface area contributed by atoms with Crippen LogP contribution in [0.5, 0.6) is 0 Å². The zero-order valence-electron chi connectivity index (χ0n) is 16.8. The normalized spacial score (nSPS) is 11.7. The van der Waals surface area contributed by atoms with Crippen molar-refractivity contribution >= 4 is 57.7 Å². The van der Waals surface area contributed by atoms with Crippen molar-refractivity contribution in [3.05, 3.63) is 59.7 Å². The summed E-state index contributed by atoms with van der Waals surface area (Å²) in [6, 6.07) is 14.9. The molecule has 0 aliphatic rings. The van der Waals surface area contributed by atoms with E-state index in [0.29, 0.717) is 21.5 Å². The van der Waals surface area contributed by atoms with Crippen LogP contribution < -0.4 is 10.6 Å². The fraction of sp³-hybridized carbons (Fsp3) is 0.238. The molecule has 1 atom stereocenters. The number of anilines is 2. The van der Waals surface area contributed by atoms with E-state index in [1.165, 1.54) is 23.3 Å². The first-order valence-corrected chi connectivity index (χ1v) is 12.0. The molecule has 0 aliphatic heterocycles. The van der Waals surface area contributed by atoms with E-state index in [9.17, 15) is 9.59 Å². The molecule has 2 amide bonds. The minimum Gasteiger partial charge on any atom is -0.322 e. The monoisotopic (exact) mass is 458 g/mol. The number of hydrogen-bond acceptors (Lipinski definition) is 7. The first-order chi connectivity index (χ1) is 14.4. The molecular formula is C21H22N4O2S3. The molecule has 6 nitrogen and oxygen atoms in total. The molecular weight excluding hydrogens is 436 g/mol. The Morgan fingerprint density at radius 2 is 1.90 bits per heavy atom. The van der Waals surface area contributed by atoms with Gasteiger partial charge in [-0.05, 0) is 56.0 Å². The third-order valence-corrected chi connectivity index (χ3v) is 6.57. The Morgan fingerprint density at radius 1 is 1.13 bits per heavy atom. The van der Waals surface area contributed by atoms with E-state index < -0.39 is 0 Å². The van der Waals surface area contributed by atoms with E-state index in [2.05, 4.69) is 20.0 Å². The fourth-order valence-corrected chi connectivity index (χ4v) is 4.66. The molecule has 30 heavy (non-hydrogen) atoms. The summed E-state index contributed by atoms with van der Waals surface area (Å²) in [5.41, 5.74) is 2.37. The molecule has 0 bridgehead atoms. The number of rotatable bonds is 8. The lowest BCUT2D eigenvalue weighted by Gasteiger charge is -2.11. The third kappa shape index (κ3) is 6.32. The van der Waals surface area contributed by atoms with Crippen molar-refractivity contribution in [1.29, 1.82) is 0 Å². The predicted molar refractivity (Wildman–Crippen MR) is 126 cm³/mol. The Morgan fingerprint density at radius 3 is 2.60 bits per heavy atom. The Labute approximate surface area is 188 Å². The van der Waals surface area contributed by atoms with Crippen LogP contribution in [0.3, 0.4) is 0 Å². The quantitative estimate of drug-likeness (QED) is 0.444. The van der Waals surface area contributed by atoms with Gasteiger partial charge >= 0.3 is 0 Å². The van der Waals surface area contributed by atoms with Gasteiger partial charge in [-0.1, -0.05) is 36.4 Å². The summed E-state index contributed by atoms with van der Waals surface area (Å²) in [7, 11) is 0. The number of thioether (sulfide) groups is 2. The maximum absolute atomic E-state index is 12.4. The number of aryl methyl sites for hydroxylation is 1. The maximum atomic E-state index is 12.4. The lowest BCUT2D eigenvalue weighted by atomic mass is 10.1. The summed E-state index contributed by atoms with van der Waals surface area (Å²) in [5, 5.41) is 6.60. The van der Waals surface area contributed by atoms with Crippen LogP contribution in [0.25, 0.3) is 0 Å². The van der Waals surface area contributed by atoms with Crippen molar-refractivity contribution in [1.82, 2.24) is 9.36 Å². The van der Waals surface area contributed by atoms with Crippen molar-refractivity contribution in [2.24, 2.45) is 0 Å². The van der Waals surface area contributed by atoms with Gasteiger partial charge in [0.1, 0.15) is 0 Å². The van der Waals surface area contributed by atoms with Gasteiger partial charge in [-0.3, -0.25) is 14.9 Å². The fourth-order valence-electron chi connectivity index (χ4n) is 2.52. The van der Waals surface area contributed by atoms with Crippen LogP contribution >= 0.6 is 35.1 Å². The topological polar surface area (TPSA) is 84.0 Å². The van der Waals surface area contributed by atoms with Gasteiger partial charge in [0.15, 0.2) is 0 Å². The molecule has 0 saturated carbocycles. The zero-order chi connectivity index (χ0) is 21.5. The summed E-state index contributed by atoms with van der Waals surface area (Å²) in [5.74, 6) is 0.614. The largest absolute Gasteiger partial charge is 0.322 e. The molecule has 0 aliphatic carbocycles.